The number of aromatic nitrogens is 5. The molecular formula is C88H116BrCl3N7O6PPdS5Sn. The maximum atomic E-state index is 11.1. The number of likely N-dealkylation sites (tertiary alicyclic amines) is 1. The summed E-state index contributed by atoms with van der Waals surface area (Å²) in [5.74, 6) is 1.25. The summed E-state index contributed by atoms with van der Waals surface area (Å²) in [7, 11) is 9.18. The van der Waals surface area contributed by atoms with E-state index in [0.29, 0.717) is 44.2 Å². The summed E-state index contributed by atoms with van der Waals surface area (Å²) in [6.45, 7) is 33.4. The zero-order valence-corrected chi connectivity index (χ0v) is 80.4. The molecule has 0 aliphatic carbocycles. The van der Waals surface area contributed by atoms with Crippen molar-refractivity contribution in [2.24, 2.45) is 0 Å². The van der Waals surface area contributed by atoms with Crippen LogP contribution in [0.5, 0.6) is 0 Å². The molecule has 0 spiro atoms. The van der Waals surface area contributed by atoms with Gasteiger partial charge in [0.2, 0.25) is 0 Å². The topological polar surface area (TPSA) is 159 Å². The minimum absolute atomic E-state index is 0.106. The van der Waals surface area contributed by atoms with Crippen molar-refractivity contribution < 1.29 is 44.5 Å². The molecule has 113 heavy (non-hydrogen) atoms. The van der Waals surface area contributed by atoms with Gasteiger partial charge in [-0.2, -0.15) is 0 Å². The number of piperidine rings is 2. The van der Waals surface area contributed by atoms with Crippen LogP contribution in [0.15, 0.2) is 204 Å². The third kappa shape index (κ3) is 40.5. The summed E-state index contributed by atoms with van der Waals surface area (Å²) in [5.41, 5.74) is 3.03. The number of hydrogen-bond donors (Lipinski definition) is 1. The number of unbranched alkanes of at least 4 members (excludes halogenated alkanes) is 3. The Labute approximate surface area is 730 Å². The number of alkyl halides is 1. The summed E-state index contributed by atoms with van der Waals surface area (Å²) in [6.07, 6.45) is 26.6. The molecule has 0 atom stereocenters. The summed E-state index contributed by atoms with van der Waals surface area (Å²) in [6, 6.07) is 54.1. The number of carbonyl (C=O) groups is 3. The molecule has 1 N–H and O–H groups in total. The molecule has 0 bridgehead atoms. The Kier molecular flexibility index (Phi) is 55.7. The third-order valence-electron chi connectivity index (χ3n) is 17.8. The molecule has 5 aromatic carbocycles. The Morgan fingerprint density at radius 1 is 0.513 bits per heavy atom. The van der Waals surface area contributed by atoms with Gasteiger partial charge in [-0.25, -0.2) is 39.3 Å². The van der Waals surface area contributed by atoms with Crippen LogP contribution in [0.2, 0.25) is 13.3 Å². The van der Waals surface area contributed by atoms with E-state index in [2.05, 4.69) is 261 Å². The Hall–Kier alpha value is -4.70. The molecular weight excluding hydrogens is 1850 g/mol. The largest absolute Gasteiger partial charge is 0.317 e. The van der Waals surface area contributed by atoms with E-state index in [4.69, 9.17) is 44.9 Å². The predicted octanol–water partition coefficient (Wildman–Crippen LogP) is 25.0. The number of aryl methyl sites for hydroxylation is 3. The molecule has 616 valence electrons. The molecule has 5 aromatic heterocycles. The average molecular weight is 1970 g/mol. The first-order valence-electron chi connectivity index (χ1n) is 39.1. The van der Waals surface area contributed by atoms with Gasteiger partial charge in [-0.3, -0.25) is 4.90 Å². The fourth-order valence-electron chi connectivity index (χ4n) is 11.9. The van der Waals surface area contributed by atoms with Gasteiger partial charge in [0.15, 0.2) is 3.92 Å². The van der Waals surface area contributed by atoms with Crippen LogP contribution in [0.3, 0.4) is 0 Å². The van der Waals surface area contributed by atoms with Gasteiger partial charge in [-0.15, -0.1) is 68.3 Å². The van der Waals surface area contributed by atoms with Crippen LogP contribution in [-0.2, 0) is 61.8 Å². The molecule has 0 radical (unpaired) electrons. The van der Waals surface area contributed by atoms with Crippen LogP contribution in [-0.4, -0.2) is 112 Å². The smallest absolute Gasteiger partial charge is 0.00431 e. The van der Waals surface area contributed by atoms with E-state index >= 15 is 0 Å². The molecule has 7 heterocycles. The van der Waals surface area contributed by atoms with E-state index in [1.54, 1.807) is 57.7 Å². The Balaban J connectivity index is 0.000000274. The fourth-order valence-corrected chi connectivity index (χ4v) is 31.5. The van der Waals surface area contributed by atoms with Crippen LogP contribution in [0.1, 0.15) is 208 Å². The molecule has 0 saturated carbocycles. The molecule has 10 aromatic rings. The van der Waals surface area contributed by atoms with Crippen LogP contribution >= 0.6 is 111 Å². The third-order valence-corrected chi connectivity index (χ3v) is 40.5. The van der Waals surface area contributed by atoms with Gasteiger partial charge in [-0.1, -0.05) is 179 Å². The Morgan fingerprint density at radius 2 is 0.876 bits per heavy atom. The van der Waals surface area contributed by atoms with E-state index in [1.165, 1.54) is 179 Å². The number of nitrogens with zero attached hydrogens (tertiary/aromatic N) is 6. The zero-order valence-electron chi connectivity index (χ0n) is 67.2. The second kappa shape index (κ2) is 62.5. The van der Waals surface area contributed by atoms with E-state index in [9.17, 15) is 14.4 Å². The number of nitrogens with one attached hydrogen (secondary N) is 1. The van der Waals surface area contributed by atoms with Gasteiger partial charge < -0.3 is 19.5 Å². The predicted molar refractivity (Wildman–Crippen MR) is 491 cm³/mol. The maximum absolute atomic E-state index is 11.1. The number of carbonyl (C=O) groups excluding carboxylic acids is 3. The SMILES string of the molecule is C=Cc1ncc(C(=O)OCC)s1.C=[CH][Sn]([CH2]CCC)([CH2]CCC)[CH2]CCC.CCOC(=O)c1cnc(Br)s1.CCOC(=O)c1cnc(CC)s1.CCc1ncc(CCl)s1.CCc1ncc(CN2CCC(c3ccccc3)CC2)s1.[Cl][Pd][Cl].c1ccc(C2CCNCC2)cc1.c1ccc(P(c2ccccc2)c2ccccc2)cc1. The number of hydrogen-bond acceptors (Lipinski definition) is 18. The first-order valence-corrected chi connectivity index (χ1v) is 57.6. The van der Waals surface area contributed by atoms with Crippen molar-refractivity contribution in [3.63, 3.8) is 0 Å². The summed E-state index contributed by atoms with van der Waals surface area (Å²) in [4.78, 5) is 60.4. The van der Waals surface area contributed by atoms with Crippen molar-refractivity contribution in [1.29, 1.82) is 0 Å². The van der Waals surface area contributed by atoms with Crippen LogP contribution in [0, 0.1) is 0 Å². The van der Waals surface area contributed by atoms with Gasteiger partial charge >= 0.3 is 155 Å². The maximum Gasteiger partial charge on any atom is -0.00431 e. The first-order chi connectivity index (χ1) is 55.1. The van der Waals surface area contributed by atoms with Gasteiger partial charge in [-0.05, 0) is 161 Å². The monoisotopic (exact) mass is 1970 g/mol. The number of halogens is 4. The van der Waals surface area contributed by atoms with Crippen molar-refractivity contribution in [2.75, 3.05) is 46.0 Å². The molecule has 12 rings (SSSR count). The van der Waals surface area contributed by atoms with Crippen molar-refractivity contribution in [1.82, 2.24) is 35.1 Å². The number of thiazole rings is 5. The normalized spacial score (nSPS) is 12.4. The molecule has 2 aliphatic heterocycles. The van der Waals surface area contributed by atoms with Crippen LogP contribution < -0.4 is 21.2 Å². The van der Waals surface area contributed by atoms with Crippen LogP contribution in [0.25, 0.3) is 6.08 Å². The van der Waals surface area contributed by atoms with Gasteiger partial charge in [0.25, 0.3) is 0 Å². The second-order valence-electron chi connectivity index (χ2n) is 25.8. The number of rotatable bonds is 28. The van der Waals surface area contributed by atoms with Gasteiger partial charge in [0.05, 0.1) is 59.3 Å². The van der Waals surface area contributed by atoms with Crippen molar-refractivity contribution >= 4 is 169 Å². The minimum Gasteiger partial charge on any atom is -0.317 e. The van der Waals surface area contributed by atoms with Crippen molar-refractivity contribution in [3.8, 4) is 0 Å². The molecule has 2 fully saturated rings. The zero-order chi connectivity index (χ0) is 82.1. The van der Waals surface area contributed by atoms with Gasteiger partial charge in [0, 0.05) is 28.7 Å². The van der Waals surface area contributed by atoms with E-state index in [-0.39, 0.29) is 33.8 Å². The number of benzene rings is 5. The molecule has 2 aliphatic rings. The summed E-state index contributed by atoms with van der Waals surface area (Å²) >= 11 is 14.3. The molecule has 25 heteroatoms. The van der Waals surface area contributed by atoms with E-state index in [1.807, 2.05) is 24.5 Å². The number of esters is 3. The van der Waals surface area contributed by atoms with Crippen molar-refractivity contribution in [3.05, 3.63) is 259 Å². The van der Waals surface area contributed by atoms with Gasteiger partial charge in [0.1, 0.15) is 19.6 Å². The molecule has 2 saturated heterocycles. The molecule has 13 nitrogen and oxygen atoms in total. The molecule has 0 amide bonds. The second-order valence-corrected chi connectivity index (χ2v) is 50.8. The van der Waals surface area contributed by atoms with E-state index < -0.39 is 26.3 Å². The van der Waals surface area contributed by atoms with Crippen molar-refractivity contribution in [2.45, 2.75) is 183 Å². The van der Waals surface area contributed by atoms with Crippen LogP contribution in [0.4, 0.5) is 0 Å². The average Bonchev–Trinajstić information content (AvgIpc) is 1.82. The van der Waals surface area contributed by atoms with E-state index in [0.717, 1.165) is 52.5 Å². The summed E-state index contributed by atoms with van der Waals surface area (Å²) in [5, 5.41) is 11.7. The Morgan fingerprint density at radius 3 is 1.22 bits per heavy atom. The standard InChI is InChI=1S/C18H15P.C17H22N2S.C11H15N.C8H11NO2S.C8H9NO2S.C6H6BrNO2S.C6H8ClNS.3C4H9.C2H3.2ClH.Pd.Sn/c1-4-10-16(11-5-1)19(17-12-6-2-7-13-17)18-14-8-3-9-15-18;1-2-17-18-12-16(20-17)13-19-10-8-15(9-11-19)14-6-4-3-5-7-14;1-2-4-10(5-3-1)11-6-8-12-9-7-11;2*1-3-7-9-5-6(12-7)8(10)11-4-2;1-2-10-5(9)4-3-8-6(7)11-4;1-2-6-8-4-5(3-7)9-6;3*1-3-4-2;1-2;;;;/h1-15H;3-7,12,15H,2,8-11,13H2,1H3;1-5,11-12H,6-9H2;5H,3-4H2,1-2H3;3,5H,1,4H2,2H3;3H,2H2,1H3;4H,2-3H2,1H3;3*1,3-4H2,2H3;1H,2H2;2*1H;;/q;;;;;;;;;;;;;+2;/p-2. The minimum atomic E-state index is -1.85. The molecule has 0 unspecified atom stereocenters. The quantitative estimate of drug-likeness (QED) is 0.0162. The fraction of sp³-hybridized carbons (Fsp3) is 0.409. The first kappa shape index (κ1) is 101. The Bertz CT molecular complexity index is 3970. The summed E-state index contributed by atoms with van der Waals surface area (Å²) < 4.78 is 22.2. The number of ether oxygens (including phenoxy) is 3.